The molecule has 0 radical (unpaired) electrons. The normalized spacial score (nSPS) is 12.1. The summed E-state index contributed by atoms with van der Waals surface area (Å²) in [5.74, 6) is 0.0702. The lowest BCUT2D eigenvalue weighted by molar-refractivity contribution is 0.0940. The van der Waals surface area contributed by atoms with Crippen LogP contribution in [0.2, 0.25) is 0 Å². The first kappa shape index (κ1) is 17.9. The quantitative estimate of drug-likeness (QED) is 0.884. The number of aryl methyl sites for hydroxylation is 1. The van der Waals surface area contributed by atoms with Gasteiger partial charge in [-0.3, -0.25) is 4.79 Å². The molecular weight excluding hydrogens is 307 g/mol. The van der Waals surface area contributed by atoms with Crippen LogP contribution < -0.4 is 10.1 Å². The Morgan fingerprint density at radius 3 is 2.62 bits per heavy atom. The third-order valence-corrected chi connectivity index (χ3v) is 4.02. The molecule has 0 aliphatic carbocycles. The second-order valence-corrected chi connectivity index (χ2v) is 5.89. The van der Waals surface area contributed by atoms with E-state index in [1.165, 1.54) is 12.1 Å². The fourth-order valence-electron chi connectivity index (χ4n) is 2.64. The Labute approximate surface area is 142 Å². The van der Waals surface area contributed by atoms with E-state index in [1.54, 1.807) is 20.1 Å². The number of nitrogens with zero attached hydrogens (tertiary/aromatic N) is 1. The van der Waals surface area contributed by atoms with E-state index in [0.29, 0.717) is 12.1 Å². The predicted octanol–water partition coefficient (Wildman–Crippen LogP) is 3.18. The second kappa shape index (κ2) is 7.93. The van der Waals surface area contributed by atoms with Crippen molar-refractivity contribution in [1.29, 1.82) is 0 Å². The zero-order valence-corrected chi connectivity index (χ0v) is 14.5. The highest BCUT2D eigenvalue weighted by atomic mass is 19.1. The van der Waals surface area contributed by atoms with Crippen LogP contribution in [-0.2, 0) is 0 Å². The van der Waals surface area contributed by atoms with E-state index in [-0.39, 0.29) is 11.9 Å². The fraction of sp³-hybridized carbons (Fsp3) is 0.316. The van der Waals surface area contributed by atoms with Gasteiger partial charge in [-0.2, -0.15) is 0 Å². The second-order valence-electron chi connectivity index (χ2n) is 5.89. The predicted molar refractivity (Wildman–Crippen MR) is 92.9 cm³/mol. The number of hydrogen-bond acceptors (Lipinski definition) is 3. The molecule has 1 N–H and O–H groups in total. The van der Waals surface area contributed by atoms with Gasteiger partial charge >= 0.3 is 0 Å². The molecule has 0 spiro atoms. The van der Waals surface area contributed by atoms with Crippen LogP contribution in [0.4, 0.5) is 4.39 Å². The Balaban J connectivity index is 2.17. The van der Waals surface area contributed by atoms with Gasteiger partial charge < -0.3 is 15.0 Å². The number of amides is 1. The van der Waals surface area contributed by atoms with E-state index in [4.69, 9.17) is 4.74 Å². The van der Waals surface area contributed by atoms with Gasteiger partial charge in [0.2, 0.25) is 0 Å². The van der Waals surface area contributed by atoms with Crippen LogP contribution in [0.3, 0.4) is 0 Å². The van der Waals surface area contributed by atoms with Crippen molar-refractivity contribution < 1.29 is 13.9 Å². The van der Waals surface area contributed by atoms with E-state index in [2.05, 4.69) is 5.32 Å². The fourth-order valence-corrected chi connectivity index (χ4v) is 2.64. The van der Waals surface area contributed by atoms with E-state index in [9.17, 15) is 9.18 Å². The summed E-state index contributed by atoms with van der Waals surface area (Å²) in [6.45, 7) is 2.18. The zero-order chi connectivity index (χ0) is 17.7. The summed E-state index contributed by atoms with van der Waals surface area (Å²) in [7, 11) is 5.51. The molecule has 1 unspecified atom stereocenters. The highest BCUT2D eigenvalue weighted by Gasteiger charge is 2.20. The number of ether oxygens (including phenoxy) is 1. The topological polar surface area (TPSA) is 41.6 Å². The highest BCUT2D eigenvalue weighted by Crippen LogP contribution is 2.27. The summed E-state index contributed by atoms with van der Waals surface area (Å²) in [5, 5.41) is 2.90. The lowest BCUT2D eigenvalue weighted by Gasteiger charge is -2.26. The van der Waals surface area contributed by atoms with Gasteiger partial charge in [-0.1, -0.05) is 24.3 Å². The lowest BCUT2D eigenvalue weighted by atomic mass is 10.0. The molecule has 0 saturated heterocycles. The van der Waals surface area contributed by atoms with Crippen LogP contribution in [0.25, 0.3) is 0 Å². The van der Waals surface area contributed by atoms with E-state index < -0.39 is 5.82 Å². The smallest absolute Gasteiger partial charge is 0.251 e. The van der Waals surface area contributed by atoms with Crippen molar-refractivity contribution in [2.24, 2.45) is 0 Å². The number of carbonyl (C=O) groups excluding carboxylic acids is 1. The molecule has 128 valence electrons. The first-order valence-corrected chi connectivity index (χ1v) is 7.77. The lowest BCUT2D eigenvalue weighted by Crippen LogP contribution is -2.35. The molecule has 0 heterocycles. The SMILES string of the molecule is COc1ccccc1C(CNC(=O)c1cc(F)ccc1C)N(C)C. The minimum Gasteiger partial charge on any atom is -0.496 e. The number of methoxy groups -OCH3 is 1. The number of nitrogens with one attached hydrogen (secondary N) is 1. The number of carbonyl (C=O) groups is 1. The molecule has 2 rings (SSSR count). The van der Waals surface area contributed by atoms with Crippen LogP contribution >= 0.6 is 0 Å². The van der Waals surface area contributed by atoms with Gasteiger partial charge in [0.25, 0.3) is 5.91 Å². The summed E-state index contributed by atoms with van der Waals surface area (Å²) in [6, 6.07) is 11.9. The maximum Gasteiger partial charge on any atom is 0.251 e. The van der Waals surface area contributed by atoms with Crippen LogP contribution in [0.15, 0.2) is 42.5 Å². The number of rotatable bonds is 6. The zero-order valence-electron chi connectivity index (χ0n) is 14.5. The van der Waals surface area contributed by atoms with Crippen molar-refractivity contribution in [2.45, 2.75) is 13.0 Å². The molecule has 1 atom stereocenters. The number of hydrogen-bond donors (Lipinski definition) is 1. The average molecular weight is 330 g/mol. The van der Waals surface area contributed by atoms with Crippen molar-refractivity contribution in [3.8, 4) is 5.75 Å². The molecule has 4 nitrogen and oxygen atoms in total. The Kier molecular flexibility index (Phi) is 5.93. The van der Waals surface area contributed by atoms with Crippen LogP contribution in [0, 0.1) is 12.7 Å². The van der Waals surface area contributed by atoms with Gasteiger partial charge in [-0.25, -0.2) is 4.39 Å². The minimum absolute atomic E-state index is 0.0565. The minimum atomic E-state index is -0.417. The van der Waals surface area contributed by atoms with Crippen molar-refractivity contribution in [2.75, 3.05) is 27.7 Å². The molecule has 5 heteroatoms. The van der Waals surface area contributed by atoms with Crippen molar-refractivity contribution in [3.63, 3.8) is 0 Å². The summed E-state index contributed by atoms with van der Waals surface area (Å²) < 4.78 is 18.8. The largest absolute Gasteiger partial charge is 0.496 e. The molecule has 0 saturated carbocycles. The first-order chi connectivity index (χ1) is 11.4. The van der Waals surface area contributed by atoms with E-state index >= 15 is 0 Å². The van der Waals surface area contributed by atoms with Crippen LogP contribution in [0.5, 0.6) is 5.75 Å². The number of halogens is 1. The molecule has 24 heavy (non-hydrogen) atoms. The maximum atomic E-state index is 13.4. The molecule has 0 aromatic heterocycles. The van der Waals surface area contributed by atoms with Gasteiger partial charge in [-0.05, 0) is 44.8 Å². The van der Waals surface area contributed by atoms with Crippen LogP contribution in [0.1, 0.15) is 27.5 Å². The van der Waals surface area contributed by atoms with Gasteiger partial charge in [0, 0.05) is 17.7 Å². The van der Waals surface area contributed by atoms with Gasteiger partial charge in [-0.15, -0.1) is 0 Å². The maximum absolute atomic E-state index is 13.4. The summed E-state index contributed by atoms with van der Waals surface area (Å²) in [4.78, 5) is 14.4. The summed E-state index contributed by atoms with van der Waals surface area (Å²) in [6.07, 6.45) is 0. The van der Waals surface area contributed by atoms with Gasteiger partial charge in [0.15, 0.2) is 0 Å². The highest BCUT2D eigenvalue weighted by molar-refractivity contribution is 5.95. The molecule has 2 aromatic carbocycles. The van der Waals surface area contributed by atoms with Crippen molar-refractivity contribution in [1.82, 2.24) is 10.2 Å². The molecule has 0 aliphatic rings. The number of para-hydroxylation sites is 1. The molecule has 0 bridgehead atoms. The van der Waals surface area contributed by atoms with Crippen molar-refractivity contribution >= 4 is 5.91 Å². The Morgan fingerprint density at radius 1 is 1.25 bits per heavy atom. The first-order valence-electron chi connectivity index (χ1n) is 7.77. The molecule has 0 fully saturated rings. The van der Waals surface area contributed by atoms with E-state index in [1.807, 2.05) is 43.3 Å². The Bertz CT molecular complexity index is 716. The summed E-state index contributed by atoms with van der Waals surface area (Å²) >= 11 is 0. The van der Waals surface area contributed by atoms with Gasteiger partial charge in [0.05, 0.1) is 13.2 Å². The average Bonchev–Trinajstić information content (AvgIpc) is 2.57. The third kappa shape index (κ3) is 4.11. The van der Waals surface area contributed by atoms with Crippen LogP contribution in [-0.4, -0.2) is 38.6 Å². The van der Waals surface area contributed by atoms with E-state index in [0.717, 1.165) is 16.9 Å². The Hall–Kier alpha value is -2.40. The standard InChI is InChI=1S/C19H23FN2O2/c1-13-9-10-14(20)11-16(13)19(23)21-12-17(22(2)3)15-7-5-6-8-18(15)24-4/h5-11,17H,12H2,1-4H3,(H,21,23). The van der Waals surface area contributed by atoms with Gasteiger partial charge in [0.1, 0.15) is 11.6 Å². The summed E-state index contributed by atoms with van der Waals surface area (Å²) in [5.41, 5.74) is 2.08. The van der Waals surface area contributed by atoms with Crippen molar-refractivity contribution in [3.05, 3.63) is 65.0 Å². The third-order valence-electron chi connectivity index (χ3n) is 4.02. The molecular formula is C19H23FN2O2. The Morgan fingerprint density at radius 2 is 1.96 bits per heavy atom. The number of likely N-dealkylation sites (N-methyl/N-ethyl adjacent to an activating group) is 1. The monoisotopic (exact) mass is 330 g/mol. The molecule has 0 aliphatic heterocycles. The molecule has 2 aromatic rings. The number of benzene rings is 2. The molecule has 1 amide bonds.